The molecule has 0 aromatic carbocycles. The summed E-state index contributed by atoms with van der Waals surface area (Å²) in [5.74, 6) is 0. The Bertz CT molecular complexity index is 258. The van der Waals surface area contributed by atoms with Gasteiger partial charge in [-0.3, -0.25) is 0 Å². The predicted molar refractivity (Wildman–Crippen MR) is 91.2 cm³/mol. The highest BCUT2D eigenvalue weighted by Gasteiger charge is 2.15. The van der Waals surface area contributed by atoms with Gasteiger partial charge in [0, 0.05) is 19.6 Å². The number of aliphatic hydroxyl groups is 3. The summed E-state index contributed by atoms with van der Waals surface area (Å²) < 4.78 is 16.5. The lowest BCUT2D eigenvalue weighted by molar-refractivity contribution is -0.0955. The third kappa shape index (κ3) is 14.0. The maximum atomic E-state index is 9.70. The summed E-state index contributed by atoms with van der Waals surface area (Å²) in [5.41, 5.74) is 0. The van der Waals surface area contributed by atoms with Crippen molar-refractivity contribution >= 4 is 0 Å². The maximum Gasteiger partial charge on any atom is 0.104 e. The fourth-order valence-corrected chi connectivity index (χ4v) is 1.95. The zero-order chi connectivity index (χ0) is 18.2. The molecule has 0 rings (SSSR count). The molecule has 0 fully saturated rings. The van der Waals surface area contributed by atoms with E-state index in [2.05, 4.69) is 16.0 Å². The molecule has 0 saturated heterocycles. The first-order valence-corrected chi connectivity index (χ1v) is 8.28. The van der Waals surface area contributed by atoms with E-state index >= 15 is 0 Å². The molecule has 0 aliphatic rings. The van der Waals surface area contributed by atoms with Crippen molar-refractivity contribution < 1.29 is 29.5 Å². The zero-order valence-electron chi connectivity index (χ0n) is 15.0. The smallest absolute Gasteiger partial charge is 0.104 e. The van der Waals surface area contributed by atoms with Gasteiger partial charge in [0.25, 0.3) is 0 Å². The number of hydrogen-bond donors (Lipinski definition) is 6. The van der Waals surface area contributed by atoms with Gasteiger partial charge in [-0.1, -0.05) is 0 Å². The minimum absolute atomic E-state index is 0.149. The summed E-state index contributed by atoms with van der Waals surface area (Å²) in [7, 11) is 5.25. The minimum Gasteiger partial charge on any atom is -0.389 e. The van der Waals surface area contributed by atoms with E-state index in [-0.39, 0.29) is 39.1 Å². The summed E-state index contributed by atoms with van der Waals surface area (Å²) in [6, 6.07) is 0. The van der Waals surface area contributed by atoms with Gasteiger partial charge in [0.1, 0.15) is 6.10 Å². The molecule has 0 aliphatic heterocycles. The Hall–Kier alpha value is -0.360. The molecule has 146 valence electrons. The highest BCUT2D eigenvalue weighted by atomic mass is 16.6. The van der Waals surface area contributed by atoms with Gasteiger partial charge < -0.3 is 45.5 Å². The Morgan fingerprint density at radius 1 is 0.625 bits per heavy atom. The Kier molecular flexibility index (Phi) is 15.9. The molecule has 0 amide bonds. The van der Waals surface area contributed by atoms with Gasteiger partial charge in [-0.25, -0.2) is 0 Å². The molecular weight excluding hydrogens is 318 g/mol. The van der Waals surface area contributed by atoms with Crippen LogP contribution in [-0.4, -0.2) is 114 Å². The molecule has 6 N–H and O–H groups in total. The Morgan fingerprint density at radius 3 is 1.38 bits per heavy atom. The molecule has 0 heterocycles. The van der Waals surface area contributed by atoms with Crippen molar-refractivity contribution in [3.8, 4) is 0 Å². The van der Waals surface area contributed by atoms with Crippen LogP contribution in [0.3, 0.4) is 0 Å². The number of ether oxygens (including phenoxy) is 3. The summed E-state index contributed by atoms with van der Waals surface area (Å²) in [6.45, 7) is 2.29. The molecule has 3 atom stereocenters. The third-order valence-corrected chi connectivity index (χ3v) is 3.07. The van der Waals surface area contributed by atoms with Crippen LogP contribution in [0.5, 0.6) is 0 Å². The van der Waals surface area contributed by atoms with Gasteiger partial charge in [0.05, 0.1) is 51.3 Å². The molecule has 0 radical (unpaired) electrons. The van der Waals surface area contributed by atoms with Crippen molar-refractivity contribution in [3.63, 3.8) is 0 Å². The first kappa shape index (κ1) is 23.6. The van der Waals surface area contributed by atoms with Crippen molar-refractivity contribution in [1.82, 2.24) is 16.0 Å². The monoisotopic (exact) mass is 353 g/mol. The lowest BCUT2D eigenvalue weighted by Gasteiger charge is -2.21. The molecule has 3 unspecified atom stereocenters. The molecule has 9 heteroatoms. The largest absolute Gasteiger partial charge is 0.389 e. The average Bonchev–Trinajstić information content (AvgIpc) is 2.53. The van der Waals surface area contributed by atoms with Gasteiger partial charge in [-0.2, -0.15) is 0 Å². The van der Waals surface area contributed by atoms with E-state index in [1.807, 2.05) is 0 Å². The fourth-order valence-electron chi connectivity index (χ4n) is 1.95. The summed E-state index contributed by atoms with van der Waals surface area (Å²) in [6.07, 6.45) is -2.20. The van der Waals surface area contributed by atoms with Crippen molar-refractivity contribution in [2.75, 3.05) is 73.8 Å². The summed E-state index contributed by atoms with van der Waals surface area (Å²) in [4.78, 5) is 0. The van der Waals surface area contributed by atoms with Crippen LogP contribution >= 0.6 is 0 Å². The number of likely N-dealkylation sites (N-methyl/N-ethyl adjacent to an activating group) is 3. The van der Waals surface area contributed by atoms with E-state index in [9.17, 15) is 15.3 Å². The second-order valence-corrected chi connectivity index (χ2v) is 5.66. The van der Waals surface area contributed by atoms with E-state index in [1.54, 1.807) is 21.1 Å². The second kappa shape index (κ2) is 16.1. The van der Waals surface area contributed by atoms with Crippen molar-refractivity contribution in [3.05, 3.63) is 0 Å². The molecule has 9 nitrogen and oxygen atoms in total. The first-order chi connectivity index (χ1) is 11.5. The van der Waals surface area contributed by atoms with Crippen LogP contribution in [0.15, 0.2) is 0 Å². The van der Waals surface area contributed by atoms with Crippen LogP contribution in [-0.2, 0) is 14.2 Å². The molecule has 0 aromatic heterocycles. The molecule has 24 heavy (non-hydrogen) atoms. The highest BCUT2D eigenvalue weighted by Crippen LogP contribution is 1.99. The SMILES string of the molecule is CNCC(O)COCC(COCC(O)CNC)OCC(O)CNC. The van der Waals surface area contributed by atoms with Crippen molar-refractivity contribution in [1.29, 1.82) is 0 Å². The normalized spacial score (nSPS) is 16.8. The Balaban J connectivity index is 4.12. The number of nitrogens with one attached hydrogen (secondary N) is 3. The quantitative estimate of drug-likeness (QED) is 0.164. The lowest BCUT2D eigenvalue weighted by atomic mass is 10.3. The predicted octanol–water partition coefficient (Wildman–Crippen LogP) is -2.85. The number of aliphatic hydroxyl groups excluding tert-OH is 3. The topological polar surface area (TPSA) is 124 Å². The minimum atomic E-state index is -0.623. The van der Waals surface area contributed by atoms with Gasteiger partial charge in [0.15, 0.2) is 0 Å². The Morgan fingerprint density at radius 2 is 1.00 bits per heavy atom. The molecular formula is C15H35N3O6. The van der Waals surface area contributed by atoms with E-state index in [4.69, 9.17) is 14.2 Å². The zero-order valence-corrected chi connectivity index (χ0v) is 15.0. The van der Waals surface area contributed by atoms with Crippen LogP contribution in [0, 0.1) is 0 Å². The Labute approximate surface area is 144 Å². The van der Waals surface area contributed by atoms with Gasteiger partial charge >= 0.3 is 0 Å². The highest BCUT2D eigenvalue weighted by molar-refractivity contribution is 4.63. The molecule has 0 saturated carbocycles. The average molecular weight is 353 g/mol. The fraction of sp³-hybridized carbons (Fsp3) is 1.00. The first-order valence-electron chi connectivity index (χ1n) is 8.28. The van der Waals surface area contributed by atoms with E-state index in [0.717, 1.165) is 0 Å². The lowest BCUT2D eigenvalue weighted by Crippen LogP contribution is -2.36. The number of rotatable bonds is 17. The van der Waals surface area contributed by atoms with Gasteiger partial charge in [-0.05, 0) is 21.1 Å². The summed E-state index contributed by atoms with van der Waals surface area (Å²) >= 11 is 0. The van der Waals surface area contributed by atoms with Crippen LogP contribution in [0.1, 0.15) is 0 Å². The third-order valence-electron chi connectivity index (χ3n) is 3.07. The standard InChI is InChI=1S/C15H35N3O6/c1-16-4-12(19)7-22-10-15(24-9-14(21)6-18-3)11-23-8-13(20)5-17-2/h12-21H,4-11H2,1-3H3. The van der Waals surface area contributed by atoms with Crippen LogP contribution < -0.4 is 16.0 Å². The van der Waals surface area contributed by atoms with E-state index in [1.165, 1.54) is 0 Å². The van der Waals surface area contributed by atoms with E-state index in [0.29, 0.717) is 19.6 Å². The molecule has 0 bridgehead atoms. The van der Waals surface area contributed by atoms with Crippen LogP contribution in [0.4, 0.5) is 0 Å². The molecule has 0 aromatic rings. The van der Waals surface area contributed by atoms with E-state index < -0.39 is 18.3 Å². The molecule has 0 spiro atoms. The summed E-state index contributed by atoms with van der Waals surface area (Å²) in [5, 5.41) is 37.5. The molecule has 0 aliphatic carbocycles. The van der Waals surface area contributed by atoms with Crippen molar-refractivity contribution in [2.45, 2.75) is 24.4 Å². The van der Waals surface area contributed by atoms with Crippen LogP contribution in [0.2, 0.25) is 0 Å². The second-order valence-electron chi connectivity index (χ2n) is 5.66. The maximum absolute atomic E-state index is 9.70. The number of hydrogen-bond acceptors (Lipinski definition) is 9. The van der Waals surface area contributed by atoms with Crippen LogP contribution in [0.25, 0.3) is 0 Å². The van der Waals surface area contributed by atoms with Crippen molar-refractivity contribution in [2.24, 2.45) is 0 Å². The van der Waals surface area contributed by atoms with Gasteiger partial charge in [-0.15, -0.1) is 0 Å². The van der Waals surface area contributed by atoms with Gasteiger partial charge in [0.2, 0.25) is 0 Å².